The van der Waals surface area contributed by atoms with Crippen LogP contribution in [0.5, 0.6) is 0 Å². The van der Waals surface area contributed by atoms with Crippen LogP contribution >= 0.6 is 0 Å². The van der Waals surface area contributed by atoms with E-state index in [9.17, 15) is 4.79 Å². The molecule has 0 saturated carbocycles. The van der Waals surface area contributed by atoms with Gasteiger partial charge in [-0.2, -0.15) is 0 Å². The summed E-state index contributed by atoms with van der Waals surface area (Å²) in [5.74, 6) is 1.45. The first-order valence-electron chi connectivity index (χ1n) is 8.67. The smallest absolute Gasteiger partial charge is 0.244 e. The first-order valence-corrected chi connectivity index (χ1v) is 8.67. The molecule has 1 aliphatic rings. The molecule has 1 saturated heterocycles. The highest BCUT2D eigenvalue weighted by molar-refractivity contribution is 5.80. The number of likely N-dealkylation sites (tertiary alicyclic amines) is 1. The molecule has 0 spiro atoms. The van der Waals surface area contributed by atoms with Crippen molar-refractivity contribution in [1.29, 1.82) is 0 Å². The number of aryl methyl sites for hydroxylation is 2. The van der Waals surface area contributed by atoms with E-state index in [2.05, 4.69) is 19.9 Å². The molecule has 130 valence electrons. The fourth-order valence-corrected chi connectivity index (χ4v) is 3.69. The van der Waals surface area contributed by atoms with Crippen molar-refractivity contribution in [2.24, 2.45) is 7.05 Å². The molecule has 7 heteroatoms. The van der Waals surface area contributed by atoms with Crippen molar-refractivity contribution in [1.82, 2.24) is 29.4 Å². The third-order valence-electron chi connectivity index (χ3n) is 4.88. The Balaban J connectivity index is 1.49. The first-order chi connectivity index (χ1) is 12.1. The van der Waals surface area contributed by atoms with Gasteiger partial charge in [-0.1, -0.05) is 17.3 Å². The van der Waals surface area contributed by atoms with E-state index in [0.29, 0.717) is 5.92 Å². The molecule has 1 unspecified atom stereocenters. The van der Waals surface area contributed by atoms with Crippen molar-refractivity contribution in [3.05, 3.63) is 42.0 Å². The molecule has 3 heterocycles. The number of benzene rings is 1. The van der Waals surface area contributed by atoms with Crippen molar-refractivity contribution in [3.8, 4) is 0 Å². The molecule has 25 heavy (non-hydrogen) atoms. The van der Waals surface area contributed by atoms with Gasteiger partial charge in [-0.3, -0.25) is 4.79 Å². The summed E-state index contributed by atoms with van der Waals surface area (Å²) in [5, 5.41) is 8.25. The van der Waals surface area contributed by atoms with Crippen LogP contribution in [0.1, 0.15) is 30.3 Å². The Morgan fingerprint density at radius 1 is 1.32 bits per heavy atom. The lowest BCUT2D eigenvalue weighted by Crippen LogP contribution is -2.41. The number of fused-ring (bicyclic) bond motifs is 1. The molecule has 2 aromatic heterocycles. The van der Waals surface area contributed by atoms with Crippen LogP contribution in [0.15, 0.2) is 30.5 Å². The summed E-state index contributed by atoms with van der Waals surface area (Å²) in [7, 11) is 2.03. The van der Waals surface area contributed by atoms with E-state index in [1.165, 1.54) is 0 Å². The minimum Gasteiger partial charge on any atom is -0.340 e. The number of hydrogen-bond acceptors (Lipinski definition) is 4. The summed E-state index contributed by atoms with van der Waals surface area (Å²) in [6.45, 7) is 3.75. The van der Waals surface area contributed by atoms with E-state index in [4.69, 9.17) is 0 Å². The van der Waals surface area contributed by atoms with Crippen LogP contribution in [0.2, 0.25) is 0 Å². The lowest BCUT2D eigenvalue weighted by atomic mass is 9.97. The molecule has 0 bridgehead atoms. The standard InChI is InChI=1S/C18H22N6O/c1-13-10-22(2)18(19-13)14-6-5-9-23(11-14)17(25)12-24-16-8-4-3-7-15(16)20-21-24/h3-4,7-8,10,14H,5-6,9,11-12H2,1-2H3. The quantitative estimate of drug-likeness (QED) is 0.731. The Labute approximate surface area is 146 Å². The molecular formula is C18H22N6O. The normalized spacial score (nSPS) is 18.0. The second kappa shape index (κ2) is 6.31. The third kappa shape index (κ3) is 3.01. The number of imidazole rings is 1. The molecular weight excluding hydrogens is 316 g/mol. The van der Waals surface area contributed by atoms with Crippen molar-refractivity contribution in [2.75, 3.05) is 13.1 Å². The Kier molecular flexibility index (Phi) is 3.99. The van der Waals surface area contributed by atoms with E-state index in [1.54, 1.807) is 4.68 Å². The Bertz CT molecular complexity index is 911. The van der Waals surface area contributed by atoms with Gasteiger partial charge in [0.1, 0.15) is 17.9 Å². The number of aromatic nitrogens is 5. The molecule has 1 atom stereocenters. The van der Waals surface area contributed by atoms with Gasteiger partial charge in [-0.15, -0.1) is 5.10 Å². The summed E-state index contributed by atoms with van der Waals surface area (Å²) in [5.41, 5.74) is 2.73. The monoisotopic (exact) mass is 338 g/mol. The summed E-state index contributed by atoms with van der Waals surface area (Å²) in [6.07, 6.45) is 4.11. The van der Waals surface area contributed by atoms with E-state index in [0.717, 1.165) is 48.5 Å². The number of rotatable bonds is 3. The number of piperidine rings is 1. The van der Waals surface area contributed by atoms with Crippen molar-refractivity contribution >= 4 is 16.9 Å². The Morgan fingerprint density at radius 3 is 2.96 bits per heavy atom. The van der Waals surface area contributed by atoms with Gasteiger partial charge in [-0.05, 0) is 31.9 Å². The molecule has 1 fully saturated rings. The minimum atomic E-state index is 0.0892. The number of nitrogens with zero attached hydrogens (tertiary/aromatic N) is 6. The second-order valence-electron chi connectivity index (χ2n) is 6.77. The average molecular weight is 338 g/mol. The van der Waals surface area contributed by atoms with Crippen LogP contribution in [-0.4, -0.2) is 48.4 Å². The summed E-state index contributed by atoms with van der Waals surface area (Å²) < 4.78 is 3.77. The van der Waals surface area contributed by atoms with Crippen molar-refractivity contribution < 1.29 is 4.79 Å². The fourth-order valence-electron chi connectivity index (χ4n) is 3.69. The molecule has 1 amide bonds. The zero-order valence-corrected chi connectivity index (χ0v) is 14.6. The number of carbonyl (C=O) groups excluding carboxylic acids is 1. The van der Waals surface area contributed by atoms with Crippen LogP contribution in [0.3, 0.4) is 0 Å². The third-order valence-corrected chi connectivity index (χ3v) is 4.88. The zero-order chi connectivity index (χ0) is 17.4. The van der Waals surface area contributed by atoms with E-state index in [1.807, 2.05) is 49.3 Å². The average Bonchev–Trinajstić information content (AvgIpc) is 3.18. The van der Waals surface area contributed by atoms with Crippen LogP contribution < -0.4 is 0 Å². The zero-order valence-electron chi connectivity index (χ0n) is 14.6. The molecule has 1 aromatic carbocycles. The van der Waals surface area contributed by atoms with Crippen LogP contribution in [0.4, 0.5) is 0 Å². The van der Waals surface area contributed by atoms with Crippen LogP contribution in [0, 0.1) is 6.92 Å². The molecule has 0 aliphatic carbocycles. The lowest BCUT2D eigenvalue weighted by molar-refractivity contribution is -0.133. The van der Waals surface area contributed by atoms with Gasteiger partial charge >= 0.3 is 0 Å². The number of hydrogen-bond donors (Lipinski definition) is 0. The summed E-state index contributed by atoms with van der Waals surface area (Å²) in [6, 6.07) is 7.71. The molecule has 3 aromatic rings. The minimum absolute atomic E-state index is 0.0892. The lowest BCUT2D eigenvalue weighted by Gasteiger charge is -2.32. The van der Waals surface area contributed by atoms with E-state index < -0.39 is 0 Å². The van der Waals surface area contributed by atoms with Crippen molar-refractivity contribution in [3.63, 3.8) is 0 Å². The first kappa shape index (κ1) is 15.8. The summed E-state index contributed by atoms with van der Waals surface area (Å²) >= 11 is 0. The van der Waals surface area contributed by atoms with Crippen molar-refractivity contribution in [2.45, 2.75) is 32.2 Å². The fraction of sp³-hybridized carbons (Fsp3) is 0.444. The summed E-state index contributed by atoms with van der Waals surface area (Å²) in [4.78, 5) is 19.4. The van der Waals surface area contributed by atoms with E-state index in [-0.39, 0.29) is 12.5 Å². The van der Waals surface area contributed by atoms with Gasteiger partial charge in [0.15, 0.2) is 0 Å². The van der Waals surface area contributed by atoms with Crippen LogP contribution in [-0.2, 0) is 18.4 Å². The van der Waals surface area contributed by atoms with Gasteiger partial charge in [0.05, 0.1) is 11.2 Å². The van der Waals surface area contributed by atoms with Gasteiger partial charge in [0, 0.05) is 32.3 Å². The topological polar surface area (TPSA) is 68.8 Å². The predicted octanol–water partition coefficient (Wildman–Crippen LogP) is 1.88. The molecule has 1 aliphatic heterocycles. The highest BCUT2D eigenvalue weighted by Gasteiger charge is 2.27. The molecule has 4 rings (SSSR count). The molecule has 7 nitrogen and oxygen atoms in total. The number of carbonyl (C=O) groups is 1. The largest absolute Gasteiger partial charge is 0.340 e. The van der Waals surface area contributed by atoms with Gasteiger partial charge in [-0.25, -0.2) is 9.67 Å². The second-order valence-corrected chi connectivity index (χ2v) is 6.77. The molecule has 0 N–H and O–H groups in total. The Morgan fingerprint density at radius 2 is 2.16 bits per heavy atom. The number of para-hydroxylation sites is 1. The maximum absolute atomic E-state index is 12.8. The maximum Gasteiger partial charge on any atom is 0.244 e. The predicted molar refractivity (Wildman–Crippen MR) is 94.0 cm³/mol. The highest BCUT2D eigenvalue weighted by Crippen LogP contribution is 2.26. The van der Waals surface area contributed by atoms with Gasteiger partial charge in [0.25, 0.3) is 0 Å². The highest BCUT2D eigenvalue weighted by atomic mass is 16.2. The number of amides is 1. The van der Waals surface area contributed by atoms with Crippen LogP contribution in [0.25, 0.3) is 11.0 Å². The van der Waals surface area contributed by atoms with Gasteiger partial charge < -0.3 is 9.47 Å². The van der Waals surface area contributed by atoms with E-state index >= 15 is 0 Å². The molecule has 0 radical (unpaired) electrons. The SMILES string of the molecule is Cc1cn(C)c(C2CCCN(C(=O)Cn3nnc4ccccc43)C2)n1. The Hall–Kier alpha value is -2.70. The van der Waals surface area contributed by atoms with Gasteiger partial charge in [0.2, 0.25) is 5.91 Å². The maximum atomic E-state index is 12.8.